The molecule has 0 heterocycles. The van der Waals surface area contributed by atoms with Crippen LogP contribution in [0.1, 0.15) is 46.8 Å². The average Bonchev–Trinajstić information content (AvgIpc) is 2.47. The Morgan fingerprint density at radius 3 is 2.00 bits per heavy atom. The number of aryl methyl sites for hydroxylation is 1. The fourth-order valence-electron chi connectivity index (χ4n) is 2.24. The summed E-state index contributed by atoms with van der Waals surface area (Å²) in [6.45, 7) is 6.49. The maximum Gasteiger partial charge on any atom is 0.122 e. The number of rotatable bonds is 4. The molecule has 0 radical (unpaired) electrons. The van der Waals surface area contributed by atoms with Crippen LogP contribution < -0.4 is 4.74 Å². The normalized spacial score (nSPS) is 12.5. The van der Waals surface area contributed by atoms with Crippen LogP contribution in [0.25, 0.3) is 0 Å². The van der Waals surface area contributed by atoms with Gasteiger partial charge in [-0.2, -0.15) is 0 Å². The van der Waals surface area contributed by atoms with E-state index < -0.39 is 0 Å². The molecule has 1 atom stereocenters. The van der Waals surface area contributed by atoms with Crippen LogP contribution in [0, 0.1) is 6.92 Å². The Morgan fingerprint density at radius 2 is 1.45 bits per heavy atom. The van der Waals surface area contributed by atoms with E-state index in [4.69, 9.17) is 4.74 Å². The van der Waals surface area contributed by atoms with Crippen molar-refractivity contribution in [1.29, 1.82) is 0 Å². The van der Waals surface area contributed by atoms with E-state index in [-0.39, 0.29) is 4.83 Å². The molecule has 0 aliphatic carbocycles. The van der Waals surface area contributed by atoms with Crippen molar-refractivity contribution < 1.29 is 4.74 Å². The first-order valence-electron chi connectivity index (χ1n) is 6.91. The van der Waals surface area contributed by atoms with Crippen molar-refractivity contribution in [2.75, 3.05) is 7.11 Å². The van der Waals surface area contributed by atoms with Gasteiger partial charge >= 0.3 is 0 Å². The van der Waals surface area contributed by atoms with Crippen LogP contribution in [0.4, 0.5) is 0 Å². The zero-order chi connectivity index (χ0) is 14.7. The van der Waals surface area contributed by atoms with Crippen LogP contribution in [-0.4, -0.2) is 7.11 Å². The first-order chi connectivity index (χ1) is 9.52. The van der Waals surface area contributed by atoms with E-state index in [0.717, 1.165) is 11.3 Å². The third-order valence-corrected chi connectivity index (χ3v) is 4.68. The summed E-state index contributed by atoms with van der Waals surface area (Å²) >= 11 is 3.79. The van der Waals surface area contributed by atoms with Gasteiger partial charge < -0.3 is 4.74 Å². The second-order valence-electron chi connectivity index (χ2n) is 5.41. The lowest BCUT2D eigenvalue weighted by molar-refractivity contribution is 0.411. The SMILES string of the molecule is COc1cc(C(Br)c2ccc(C(C)C)cc2)ccc1C. The summed E-state index contributed by atoms with van der Waals surface area (Å²) < 4.78 is 5.40. The molecule has 0 aliphatic rings. The molecule has 1 nitrogen and oxygen atoms in total. The summed E-state index contributed by atoms with van der Waals surface area (Å²) in [7, 11) is 1.72. The summed E-state index contributed by atoms with van der Waals surface area (Å²) in [5, 5.41) is 0. The number of halogens is 1. The standard InChI is InChI=1S/C18H21BrO/c1-12(2)14-7-9-15(10-8-14)18(19)16-6-5-13(3)17(11-16)20-4/h5-12,18H,1-4H3. The fraction of sp³-hybridized carbons (Fsp3) is 0.333. The Balaban J connectivity index is 2.28. The number of hydrogen-bond donors (Lipinski definition) is 0. The Bertz CT molecular complexity index is 572. The molecule has 0 saturated carbocycles. The van der Waals surface area contributed by atoms with Gasteiger partial charge in [-0.05, 0) is 41.2 Å². The van der Waals surface area contributed by atoms with Gasteiger partial charge in [0.2, 0.25) is 0 Å². The molecule has 0 bridgehead atoms. The number of methoxy groups -OCH3 is 1. The smallest absolute Gasteiger partial charge is 0.122 e. The highest BCUT2D eigenvalue weighted by Crippen LogP contribution is 2.34. The molecule has 0 fully saturated rings. The lowest BCUT2D eigenvalue weighted by atomic mass is 9.98. The van der Waals surface area contributed by atoms with E-state index in [0.29, 0.717) is 5.92 Å². The van der Waals surface area contributed by atoms with E-state index in [9.17, 15) is 0 Å². The summed E-state index contributed by atoms with van der Waals surface area (Å²) in [6.07, 6.45) is 0. The first kappa shape index (κ1) is 15.1. The minimum atomic E-state index is 0.193. The van der Waals surface area contributed by atoms with E-state index in [2.05, 4.69) is 79.2 Å². The maximum absolute atomic E-state index is 5.40. The molecule has 0 aromatic heterocycles. The zero-order valence-corrected chi connectivity index (χ0v) is 14.1. The zero-order valence-electron chi connectivity index (χ0n) is 12.5. The van der Waals surface area contributed by atoms with Crippen molar-refractivity contribution in [3.05, 3.63) is 64.7 Å². The molecule has 0 N–H and O–H groups in total. The lowest BCUT2D eigenvalue weighted by Gasteiger charge is -2.14. The Hall–Kier alpha value is -1.28. The molecular weight excluding hydrogens is 312 g/mol. The monoisotopic (exact) mass is 332 g/mol. The van der Waals surface area contributed by atoms with Crippen LogP contribution in [0.2, 0.25) is 0 Å². The predicted octanol–water partition coefficient (Wildman–Crippen LogP) is 5.61. The predicted molar refractivity (Wildman–Crippen MR) is 89.0 cm³/mol. The quantitative estimate of drug-likeness (QED) is 0.661. The summed E-state index contributed by atoms with van der Waals surface area (Å²) in [4.78, 5) is 0.193. The van der Waals surface area contributed by atoms with Crippen molar-refractivity contribution in [2.45, 2.75) is 31.5 Å². The topological polar surface area (TPSA) is 9.23 Å². The molecule has 2 heteroatoms. The molecule has 106 valence electrons. The minimum Gasteiger partial charge on any atom is -0.496 e. The van der Waals surface area contributed by atoms with Gasteiger partial charge in [0.1, 0.15) is 5.75 Å². The van der Waals surface area contributed by atoms with E-state index in [1.807, 2.05) is 0 Å². The van der Waals surface area contributed by atoms with E-state index in [1.165, 1.54) is 16.7 Å². The highest BCUT2D eigenvalue weighted by atomic mass is 79.9. The van der Waals surface area contributed by atoms with Crippen LogP contribution in [-0.2, 0) is 0 Å². The second-order valence-corrected chi connectivity index (χ2v) is 6.33. The van der Waals surface area contributed by atoms with Crippen LogP contribution >= 0.6 is 15.9 Å². The first-order valence-corrected chi connectivity index (χ1v) is 7.83. The van der Waals surface area contributed by atoms with Gasteiger partial charge in [-0.3, -0.25) is 0 Å². The highest BCUT2D eigenvalue weighted by Gasteiger charge is 2.12. The molecule has 2 rings (SSSR count). The van der Waals surface area contributed by atoms with E-state index in [1.54, 1.807) is 7.11 Å². The largest absolute Gasteiger partial charge is 0.496 e. The Labute approximate surface area is 130 Å². The van der Waals surface area contributed by atoms with Crippen molar-refractivity contribution in [3.8, 4) is 5.75 Å². The van der Waals surface area contributed by atoms with Gasteiger partial charge in [0.05, 0.1) is 11.9 Å². The number of ether oxygens (including phenoxy) is 1. The van der Waals surface area contributed by atoms with Crippen molar-refractivity contribution in [3.63, 3.8) is 0 Å². The molecular formula is C18H21BrO. The third kappa shape index (κ3) is 3.24. The van der Waals surface area contributed by atoms with Gasteiger partial charge in [0, 0.05) is 0 Å². The molecule has 2 aromatic rings. The molecule has 2 aromatic carbocycles. The van der Waals surface area contributed by atoms with Gasteiger partial charge in [-0.25, -0.2) is 0 Å². The Morgan fingerprint density at radius 1 is 0.900 bits per heavy atom. The fourth-order valence-corrected chi connectivity index (χ4v) is 2.83. The maximum atomic E-state index is 5.40. The summed E-state index contributed by atoms with van der Waals surface area (Å²) in [5.74, 6) is 1.50. The molecule has 0 amide bonds. The molecule has 0 saturated heterocycles. The van der Waals surface area contributed by atoms with Gasteiger partial charge in [-0.15, -0.1) is 0 Å². The van der Waals surface area contributed by atoms with Crippen LogP contribution in [0.3, 0.4) is 0 Å². The molecule has 0 spiro atoms. The van der Waals surface area contributed by atoms with Gasteiger partial charge in [-0.1, -0.05) is 66.2 Å². The van der Waals surface area contributed by atoms with Crippen LogP contribution in [0.5, 0.6) is 5.75 Å². The van der Waals surface area contributed by atoms with Crippen LogP contribution in [0.15, 0.2) is 42.5 Å². The molecule has 1 unspecified atom stereocenters. The van der Waals surface area contributed by atoms with Gasteiger partial charge in [0.25, 0.3) is 0 Å². The van der Waals surface area contributed by atoms with E-state index >= 15 is 0 Å². The van der Waals surface area contributed by atoms with Gasteiger partial charge in [0.15, 0.2) is 0 Å². The number of hydrogen-bond acceptors (Lipinski definition) is 1. The molecule has 20 heavy (non-hydrogen) atoms. The summed E-state index contributed by atoms with van der Waals surface area (Å²) in [6, 6.07) is 15.2. The highest BCUT2D eigenvalue weighted by molar-refractivity contribution is 9.09. The second kappa shape index (κ2) is 6.45. The third-order valence-electron chi connectivity index (χ3n) is 3.62. The Kier molecular flexibility index (Phi) is 4.87. The van der Waals surface area contributed by atoms with Crippen molar-refractivity contribution >= 4 is 15.9 Å². The van der Waals surface area contributed by atoms with Crippen molar-refractivity contribution in [1.82, 2.24) is 0 Å². The van der Waals surface area contributed by atoms with Crippen molar-refractivity contribution in [2.24, 2.45) is 0 Å². The minimum absolute atomic E-state index is 0.193. The summed E-state index contributed by atoms with van der Waals surface area (Å²) in [5.41, 5.74) is 5.01. The molecule has 0 aliphatic heterocycles. The number of alkyl halides is 1. The number of benzene rings is 2. The average molecular weight is 333 g/mol. The lowest BCUT2D eigenvalue weighted by Crippen LogP contribution is -1.96.